The van der Waals surface area contributed by atoms with Crippen LogP contribution in [-0.4, -0.2) is 42.5 Å². The summed E-state index contributed by atoms with van der Waals surface area (Å²) in [6.45, 7) is 1.23. The molecule has 0 unspecified atom stereocenters. The fourth-order valence-corrected chi connectivity index (χ4v) is 3.06. The Labute approximate surface area is 157 Å². The van der Waals surface area contributed by atoms with E-state index in [2.05, 4.69) is 5.32 Å². The van der Waals surface area contributed by atoms with E-state index in [1.165, 1.54) is 0 Å². The second-order valence-electron chi connectivity index (χ2n) is 6.24. The maximum Gasteiger partial charge on any atom is 0.258 e. The number of carbonyl (C=O) groups is 2. The first-order valence-corrected chi connectivity index (χ1v) is 9.01. The molecule has 1 aliphatic rings. The largest absolute Gasteiger partial charge is 0.484 e. The van der Waals surface area contributed by atoms with Gasteiger partial charge in [0, 0.05) is 29.7 Å². The molecule has 136 valence electrons. The molecule has 1 heterocycles. The summed E-state index contributed by atoms with van der Waals surface area (Å²) >= 11 is 5.86. The van der Waals surface area contributed by atoms with Crippen molar-refractivity contribution < 1.29 is 14.3 Å². The molecule has 1 saturated heterocycles. The molecule has 0 radical (unpaired) electrons. The van der Waals surface area contributed by atoms with Crippen molar-refractivity contribution in [1.82, 2.24) is 10.2 Å². The van der Waals surface area contributed by atoms with Crippen molar-refractivity contribution in [3.8, 4) is 5.75 Å². The van der Waals surface area contributed by atoms with Crippen LogP contribution in [0.25, 0.3) is 0 Å². The van der Waals surface area contributed by atoms with E-state index >= 15 is 0 Å². The Balaban J connectivity index is 1.42. The molecule has 0 aromatic heterocycles. The summed E-state index contributed by atoms with van der Waals surface area (Å²) in [5.41, 5.74) is 0.633. The van der Waals surface area contributed by atoms with Gasteiger partial charge in [0.25, 0.3) is 11.8 Å². The predicted molar refractivity (Wildman–Crippen MR) is 100 cm³/mol. The van der Waals surface area contributed by atoms with Crippen molar-refractivity contribution in [3.63, 3.8) is 0 Å². The third-order valence-corrected chi connectivity index (χ3v) is 4.60. The van der Waals surface area contributed by atoms with E-state index in [1.54, 1.807) is 24.3 Å². The highest BCUT2D eigenvalue weighted by atomic mass is 35.5. The highest BCUT2D eigenvalue weighted by Crippen LogP contribution is 2.16. The maximum atomic E-state index is 12.5. The molecule has 3 rings (SSSR count). The normalized spacial score (nSPS) is 14.7. The summed E-state index contributed by atoms with van der Waals surface area (Å²) in [7, 11) is 0. The first-order valence-electron chi connectivity index (χ1n) is 8.64. The third kappa shape index (κ3) is 4.99. The Morgan fingerprint density at radius 3 is 2.35 bits per heavy atom. The van der Waals surface area contributed by atoms with Gasteiger partial charge in [0.1, 0.15) is 5.75 Å². The van der Waals surface area contributed by atoms with Crippen molar-refractivity contribution in [1.29, 1.82) is 0 Å². The molecule has 0 aliphatic carbocycles. The lowest BCUT2D eigenvalue weighted by molar-refractivity contribution is -0.124. The highest BCUT2D eigenvalue weighted by molar-refractivity contribution is 6.30. The number of benzene rings is 2. The zero-order valence-corrected chi connectivity index (χ0v) is 15.1. The van der Waals surface area contributed by atoms with Crippen LogP contribution in [0.3, 0.4) is 0 Å². The average Bonchev–Trinajstić information content (AvgIpc) is 2.68. The molecule has 2 amide bonds. The summed E-state index contributed by atoms with van der Waals surface area (Å²) in [5, 5.41) is 3.59. The number of halogens is 1. The summed E-state index contributed by atoms with van der Waals surface area (Å²) in [6.07, 6.45) is 1.47. The van der Waals surface area contributed by atoms with Crippen molar-refractivity contribution in [2.75, 3.05) is 19.7 Å². The summed E-state index contributed by atoms with van der Waals surface area (Å²) < 4.78 is 5.45. The summed E-state index contributed by atoms with van der Waals surface area (Å²) in [6, 6.07) is 16.2. The molecule has 26 heavy (non-hydrogen) atoms. The van der Waals surface area contributed by atoms with Crippen LogP contribution in [0.1, 0.15) is 23.2 Å². The number of hydrogen-bond donors (Lipinski definition) is 1. The van der Waals surface area contributed by atoms with Crippen LogP contribution in [0.5, 0.6) is 5.75 Å². The fraction of sp³-hybridized carbons (Fsp3) is 0.300. The van der Waals surface area contributed by atoms with E-state index in [0.717, 1.165) is 12.8 Å². The first-order chi connectivity index (χ1) is 12.6. The van der Waals surface area contributed by atoms with E-state index in [4.69, 9.17) is 16.3 Å². The number of nitrogens with zero attached hydrogens (tertiary/aromatic N) is 1. The number of amides is 2. The second-order valence-corrected chi connectivity index (χ2v) is 6.68. The van der Waals surface area contributed by atoms with Gasteiger partial charge in [0.2, 0.25) is 0 Å². The lowest BCUT2D eigenvalue weighted by atomic mass is 10.0. The summed E-state index contributed by atoms with van der Waals surface area (Å²) in [5.74, 6) is 0.529. The first kappa shape index (κ1) is 18.3. The predicted octanol–water partition coefficient (Wildman–Crippen LogP) is 3.14. The lowest BCUT2D eigenvalue weighted by Crippen LogP contribution is -2.47. The number of piperidine rings is 1. The van der Waals surface area contributed by atoms with Gasteiger partial charge >= 0.3 is 0 Å². The van der Waals surface area contributed by atoms with E-state index < -0.39 is 0 Å². The Bertz CT molecular complexity index is 741. The van der Waals surface area contributed by atoms with Crippen LogP contribution in [0.2, 0.25) is 5.02 Å². The van der Waals surface area contributed by atoms with E-state index in [0.29, 0.717) is 29.4 Å². The number of nitrogens with one attached hydrogen (secondary N) is 1. The lowest BCUT2D eigenvalue weighted by Gasteiger charge is -2.32. The number of ether oxygens (including phenoxy) is 1. The Morgan fingerprint density at radius 2 is 1.69 bits per heavy atom. The average molecular weight is 373 g/mol. The van der Waals surface area contributed by atoms with Gasteiger partial charge in [0.15, 0.2) is 6.61 Å². The van der Waals surface area contributed by atoms with Crippen molar-refractivity contribution in [3.05, 3.63) is 65.2 Å². The molecule has 0 bridgehead atoms. The monoisotopic (exact) mass is 372 g/mol. The number of likely N-dealkylation sites (tertiary alicyclic amines) is 1. The van der Waals surface area contributed by atoms with Gasteiger partial charge in [-0.2, -0.15) is 0 Å². The minimum Gasteiger partial charge on any atom is -0.484 e. The van der Waals surface area contributed by atoms with Gasteiger partial charge < -0.3 is 15.0 Å². The highest BCUT2D eigenvalue weighted by Gasteiger charge is 2.24. The molecule has 2 aromatic carbocycles. The van der Waals surface area contributed by atoms with Crippen molar-refractivity contribution in [2.45, 2.75) is 18.9 Å². The Kier molecular flexibility index (Phi) is 6.12. The number of carbonyl (C=O) groups excluding carboxylic acids is 2. The smallest absolute Gasteiger partial charge is 0.258 e. The standard InChI is InChI=1S/C20H21ClN2O3/c21-16-8-6-15(7-9-16)20(25)23-12-10-17(11-13-23)22-19(24)14-26-18-4-2-1-3-5-18/h1-9,17H,10-14H2,(H,22,24). The molecule has 0 saturated carbocycles. The van der Waals surface area contributed by atoms with Gasteiger partial charge in [0.05, 0.1) is 0 Å². The zero-order valence-electron chi connectivity index (χ0n) is 14.4. The van der Waals surface area contributed by atoms with Crippen LogP contribution in [0.15, 0.2) is 54.6 Å². The topological polar surface area (TPSA) is 58.6 Å². The van der Waals surface area contributed by atoms with Gasteiger partial charge in [-0.25, -0.2) is 0 Å². The molecule has 2 aromatic rings. The number of para-hydroxylation sites is 1. The van der Waals surface area contributed by atoms with Gasteiger partial charge in [-0.3, -0.25) is 9.59 Å². The van der Waals surface area contributed by atoms with Crippen LogP contribution >= 0.6 is 11.6 Å². The third-order valence-electron chi connectivity index (χ3n) is 4.35. The van der Waals surface area contributed by atoms with Crippen molar-refractivity contribution >= 4 is 23.4 Å². The minimum atomic E-state index is -0.142. The molecule has 5 nitrogen and oxygen atoms in total. The van der Waals surface area contributed by atoms with Gasteiger partial charge in [-0.05, 0) is 49.2 Å². The zero-order chi connectivity index (χ0) is 18.4. The Hall–Kier alpha value is -2.53. The molecule has 1 aliphatic heterocycles. The molecular weight excluding hydrogens is 352 g/mol. The molecular formula is C20H21ClN2O3. The van der Waals surface area contributed by atoms with Crippen LogP contribution in [-0.2, 0) is 4.79 Å². The SMILES string of the molecule is O=C(COc1ccccc1)NC1CCN(C(=O)c2ccc(Cl)cc2)CC1. The van der Waals surface area contributed by atoms with Crippen LogP contribution in [0.4, 0.5) is 0 Å². The second kappa shape index (κ2) is 8.72. The maximum absolute atomic E-state index is 12.5. The van der Waals surface area contributed by atoms with E-state index in [1.807, 2.05) is 35.2 Å². The molecule has 6 heteroatoms. The fourth-order valence-electron chi connectivity index (χ4n) is 2.94. The number of rotatable bonds is 5. The molecule has 1 N–H and O–H groups in total. The van der Waals surface area contributed by atoms with Gasteiger partial charge in [-0.15, -0.1) is 0 Å². The molecule has 1 fully saturated rings. The molecule has 0 spiro atoms. The molecule has 0 atom stereocenters. The minimum absolute atomic E-state index is 0.00106. The van der Waals surface area contributed by atoms with Crippen LogP contribution in [0, 0.1) is 0 Å². The van der Waals surface area contributed by atoms with Crippen molar-refractivity contribution in [2.24, 2.45) is 0 Å². The Morgan fingerprint density at radius 1 is 1.04 bits per heavy atom. The van der Waals surface area contributed by atoms with Crippen LogP contribution < -0.4 is 10.1 Å². The summed E-state index contributed by atoms with van der Waals surface area (Å²) in [4.78, 5) is 26.3. The van der Waals surface area contributed by atoms with E-state index in [9.17, 15) is 9.59 Å². The number of hydrogen-bond acceptors (Lipinski definition) is 3. The quantitative estimate of drug-likeness (QED) is 0.877. The van der Waals surface area contributed by atoms with E-state index in [-0.39, 0.29) is 24.5 Å². The van der Waals surface area contributed by atoms with Gasteiger partial charge in [-0.1, -0.05) is 29.8 Å².